The number of aliphatic hydroxyl groups is 1. The number of benzene rings is 1. The zero-order valence-corrected chi connectivity index (χ0v) is 12.7. The predicted molar refractivity (Wildman–Crippen MR) is 80.2 cm³/mol. The maximum atomic E-state index is 13.2. The summed E-state index contributed by atoms with van der Waals surface area (Å²) in [6.07, 6.45) is 2.90. The first kappa shape index (κ1) is 15.5. The van der Waals surface area contributed by atoms with Gasteiger partial charge in [-0.15, -0.1) is 0 Å². The van der Waals surface area contributed by atoms with Crippen LogP contribution < -0.4 is 5.32 Å². The molecule has 0 amide bonds. The van der Waals surface area contributed by atoms with E-state index in [2.05, 4.69) is 26.1 Å². The molecule has 0 aromatic heterocycles. The van der Waals surface area contributed by atoms with E-state index in [1.807, 2.05) is 6.07 Å². The molecule has 0 heterocycles. The molecule has 1 saturated carbocycles. The fourth-order valence-corrected chi connectivity index (χ4v) is 2.97. The lowest BCUT2D eigenvalue weighted by molar-refractivity contribution is 0.157. The van der Waals surface area contributed by atoms with Gasteiger partial charge in [-0.1, -0.05) is 32.9 Å². The van der Waals surface area contributed by atoms with Crippen molar-refractivity contribution in [1.29, 1.82) is 0 Å². The van der Waals surface area contributed by atoms with Crippen molar-refractivity contribution in [3.05, 3.63) is 35.6 Å². The molecule has 3 heteroatoms. The highest BCUT2D eigenvalue weighted by atomic mass is 19.1. The third-order valence-electron chi connectivity index (χ3n) is 4.36. The number of hydrogen-bond donors (Lipinski definition) is 2. The number of aliphatic hydroxyl groups excluding tert-OH is 1. The minimum absolute atomic E-state index is 0.146. The van der Waals surface area contributed by atoms with Crippen LogP contribution in [0, 0.1) is 11.2 Å². The second-order valence-corrected chi connectivity index (χ2v) is 7.02. The zero-order chi connectivity index (χ0) is 14.8. The third-order valence-corrected chi connectivity index (χ3v) is 4.36. The minimum Gasteiger partial charge on any atom is -0.396 e. The van der Waals surface area contributed by atoms with E-state index in [4.69, 9.17) is 0 Å². The molecule has 0 radical (unpaired) electrons. The van der Waals surface area contributed by atoms with E-state index in [0.29, 0.717) is 18.0 Å². The van der Waals surface area contributed by atoms with Crippen molar-refractivity contribution < 1.29 is 9.50 Å². The first-order valence-electron chi connectivity index (χ1n) is 7.52. The van der Waals surface area contributed by atoms with Gasteiger partial charge in [-0.25, -0.2) is 4.39 Å². The van der Waals surface area contributed by atoms with Gasteiger partial charge < -0.3 is 10.4 Å². The summed E-state index contributed by atoms with van der Waals surface area (Å²) in [7, 11) is 0. The van der Waals surface area contributed by atoms with Crippen LogP contribution in [0.4, 0.5) is 4.39 Å². The quantitative estimate of drug-likeness (QED) is 0.865. The summed E-state index contributed by atoms with van der Waals surface area (Å²) < 4.78 is 13.2. The molecule has 20 heavy (non-hydrogen) atoms. The molecule has 1 aromatic carbocycles. The van der Waals surface area contributed by atoms with Crippen LogP contribution in [0.5, 0.6) is 0 Å². The average Bonchev–Trinajstić information content (AvgIpc) is 2.30. The van der Waals surface area contributed by atoms with E-state index in [-0.39, 0.29) is 17.8 Å². The van der Waals surface area contributed by atoms with Crippen molar-refractivity contribution in [1.82, 2.24) is 5.32 Å². The molecule has 1 aromatic rings. The van der Waals surface area contributed by atoms with Crippen molar-refractivity contribution in [2.45, 2.75) is 58.0 Å². The van der Waals surface area contributed by atoms with Crippen LogP contribution in [0.3, 0.4) is 0 Å². The Morgan fingerprint density at radius 2 is 2.05 bits per heavy atom. The molecule has 0 bridgehead atoms. The first-order valence-corrected chi connectivity index (χ1v) is 7.52. The Balaban J connectivity index is 1.87. The molecule has 0 spiro atoms. The molecule has 1 atom stereocenters. The van der Waals surface area contributed by atoms with Crippen LogP contribution >= 0.6 is 0 Å². The SMILES string of the molecule is CC(C)(C)C(CCO)NC1CC(c2cccc(F)c2)C1. The smallest absolute Gasteiger partial charge is 0.123 e. The average molecular weight is 279 g/mol. The molecular weight excluding hydrogens is 253 g/mol. The number of rotatable bonds is 5. The van der Waals surface area contributed by atoms with Crippen LogP contribution in [0.2, 0.25) is 0 Å². The molecule has 0 aliphatic heterocycles. The van der Waals surface area contributed by atoms with Crippen LogP contribution in [-0.4, -0.2) is 23.8 Å². The Morgan fingerprint density at radius 3 is 2.60 bits per heavy atom. The molecule has 112 valence electrons. The number of hydrogen-bond acceptors (Lipinski definition) is 2. The molecule has 2 N–H and O–H groups in total. The summed E-state index contributed by atoms with van der Waals surface area (Å²) in [6, 6.07) is 7.75. The Bertz CT molecular complexity index is 435. The van der Waals surface area contributed by atoms with Gasteiger partial charge in [0.1, 0.15) is 5.82 Å². The van der Waals surface area contributed by atoms with E-state index in [1.165, 1.54) is 6.07 Å². The van der Waals surface area contributed by atoms with Crippen LogP contribution in [-0.2, 0) is 0 Å². The predicted octanol–water partition coefficient (Wildman–Crippen LogP) is 3.46. The summed E-state index contributed by atoms with van der Waals surface area (Å²) >= 11 is 0. The third kappa shape index (κ3) is 3.80. The van der Waals surface area contributed by atoms with Gasteiger partial charge in [0.15, 0.2) is 0 Å². The number of nitrogens with one attached hydrogen (secondary N) is 1. The molecular formula is C17H26FNO. The van der Waals surface area contributed by atoms with Gasteiger partial charge in [0.25, 0.3) is 0 Å². The fourth-order valence-electron chi connectivity index (χ4n) is 2.97. The highest BCUT2D eigenvalue weighted by molar-refractivity contribution is 5.23. The van der Waals surface area contributed by atoms with Crippen LogP contribution in [0.15, 0.2) is 24.3 Å². The standard InChI is InChI=1S/C17H26FNO/c1-17(2,3)16(7-8-20)19-15-10-13(11-15)12-5-4-6-14(18)9-12/h4-6,9,13,15-16,19-20H,7-8,10-11H2,1-3H3. The molecule has 1 aliphatic carbocycles. The van der Waals surface area contributed by atoms with Crippen LogP contribution in [0.25, 0.3) is 0 Å². The molecule has 1 fully saturated rings. The summed E-state index contributed by atoms with van der Waals surface area (Å²) in [5.41, 5.74) is 1.25. The lowest BCUT2D eigenvalue weighted by Crippen LogP contribution is -2.50. The Kier molecular flexibility index (Phi) is 4.82. The van der Waals surface area contributed by atoms with Gasteiger partial charge in [-0.3, -0.25) is 0 Å². The lowest BCUT2D eigenvalue weighted by Gasteiger charge is -2.42. The maximum Gasteiger partial charge on any atom is 0.123 e. The normalized spacial score (nSPS) is 24.2. The van der Waals surface area contributed by atoms with Crippen molar-refractivity contribution >= 4 is 0 Å². The number of halogens is 1. The van der Waals surface area contributed by atoms with E-state index in [1.54, 1.807) is 12.1 Å². The highest BCUT2D eigenvalue weighted by Crippen LogP contribution is 2.38. The summed E-state index contributed by atoms with van der Waals surface area (Å²) in [6.45, 7) is 6.81. The summed E-state index contributed by atoms with van der Waals surface area (Å²) in [5, 5.41) is 12.8. The van der Waals surface area contributed by atoms with Gasteiger partial charge in [0.05, 0.1) is 0 Å². The molecule has 2 rings (SSSR count). The van der Waals surface area contributed by atoms with Crippen molar-refractivity contribution in [3.63, 3.8) is 0 Å². The van der Waals surface area contributed by atoms with E-state index in [9.17, 15) is 9.50 Å². The summed E-state index contributed by atoms with van der Waals surface area (Å²) in [5.74, 6) is 0.324. The monoisotopic (exact) mass is 279 g/mol. The second kappa shape index (κ2) is 6.23. The lowest BCUT2D eigenvalue weighted by atomic mass is 9.74. The van der Waals surface area contributed by atoms with Gasteiger partial charge >= 0.3 is 0 Å². The van der Waals surface area contributed by atoms with E-state index >= 15 is 0 Å². The second-order valence-electron chi connectivity index (χ2n) is 7.02. The molecule has 0 saturated heterocycles. The first-order chi connectivity index (χ1) is 9.40. The largest absolute Gasteiger partial charge is 0.396 e. The van der Waals surface area contributed by atoms with Gasteiger partial charge in [0, 0.05) is 18.7 Å². The van der Waals surface area contributed by atoms with Crippen molar-refractivity contribution in [3.8, 4) is 0 Å². The topological polar surface area (TPSA) is 32.3 Å². The highest BCUT2D eigenvalue weighted by Gasteiger charge is 2.34. The molecule has 2 nitrogen and oxygen atoms in total. The van der Waals surface area contributed by atoms with Crippen molar-refractivity contribution in [2.75, 3.05) is 6.61 Å². The molecule has 1 aliphatic rings. The van der Waals surface area contributed by atoms with Crippen LogP contribution in [0.1, 0.15) is 51.5 Å². The van der Waals surface area contributed by atoms with Gasteiger partial charge in [-0.2, -0.15) is 0 Å². The Morgan fingerprint density at radius 1 is 1.35 bits per heavy atom. The van der Waals surface area contributed by atoms with Crippen molar-refractivity contribution in [2.24, 2.45) is 5.41 Å². The minimum atomic E-state index is -0.147. The zero-order valence-electron chi connectivity index (χ0n) is 12.7. The summed E-state index contributed by atoms with van der Waals surface area (Å²) in [4.78, 5) is 0. The Hall–Kier alpha value is -0.930. The van der Waals surface area contributed by atoms with Gasteiger partial charge in [-0.05, 0) is 48.3 Å². The van der Waals surface area contributed by atoms with Gasteiger partial charge in [0.2, 0.25) is 0 Å². The maximum absolute atomic E-state index is 13.2. The van der Waals surface area contributed by atoms with E-state index in [0.717, 1.165) is 24.8 Å². The van der Waals surface area contributed by atoms with E-state index < -0.39 is 0 Å². The Labute approximate surface area is 121 Å². The molecule has 1 unspecified atom stereocenters. The fraction of sp³-hybridized carbons (Fsp3) is 0.647.